The maximum absolute atomic E-state index is 12.0. The van der Waals surface area contributed by atoms with Crippen LogP contribution in [0.5, 0.6) is 0 Å². The zero-order valence-electron chi connectivity index (χ0n) is 14.1. The molecule has 0 saturated carbocycles. The van der Waals surface area contributed by atoms with E-state index in [2.05, 4.69) is 10.5 Å². The summed E-state index contributed by atoms with van der Waals surface area (Å²) in [6.45, 7) is 6.01. The van der Waals surface area contributed by atoms with Gasteiger partial charge < -0.3 is 4.52 Å². The molecular formula is C18H22N2O3S. The van der Waals surface area contributed by atoms with Crippen molar-refractivity contribution in [1.82, 2.24) is 5.16 Å². The predicted octanol–water partition coefficient (Wildman–Crippen LogP) is 3.37. The van der Waals surface area contributed by atoms with Crippen LogP contribution in [0, 0.1) is 0 Å². The number of hydrogen-bond donors (Lipinski definition) is 1. The summed E-state index contributed by atoms with van der Waals surface area (Å²) in [5, 5.41) is 6.51. The Hall–Kier alpha value is -2.21. The largest absolute Gasteiger partial charge is 0.338 e. The molecular weight excluding hydrogens is 324 g/mol. The third-order valence-corrected chi connectivity index (χ3v) is 4.37. The van der Waals surface area contributed by atoms with Crippen LogP contribution in [0.4, 0.5) is 5.88 Å². The van der Waals surface area contributed by atoms with Crippen LogP contribution in [0.2, 0.25) is 0 Å². The lowest BCUT2D eigenvalue weighted by Crippen LogP contribution is -2.20. The fraction of sp³-hybridized carbons (Fsp3) is 0.333. The minimum atomic E-state index is -1.27. The van der Waals surface area contributed by atoms with Crippen molar-refractivity contribution in [2.24, 2.45) is 0 Å². The van der Waals surface area contributed by atoms with Gasteiger partial charge in [-0.05, 0) is 5.56 Å². The number of anilines is 1. The standard InChI is InChI=1S/C18H22N2O3S/c1-18(2,3)15-12-17(23-20-15)19-16(21)13-24(22)11-7-10-14-8-5-4-6-9-14/h4-10,12H,11,13H2,1-3H3,(H,19,21). The van der Waals surface area contributed by atoms with E-state index in [9.17, 15) is 9.00 Å². The quantitative estimate of drug-likeness (QED) is 0.870. The van der Waals surface area contributed by atoms with E-state index in [1.165, 1.54) is 0 Å². The number of nitrogens with one attached hydrogen (secondary N) is 1. The summed E-state index contributed by atoms with van der Waals surface area (Å²) in [6.07, 6.45) is 3.70. The van der Waals surface area contributed by atoms with Crippen LogP contribution in [-0.2, 0) is 21.0 Å². The fourth-order valence-electron chi connectivity index (χ4n) is 1.92. The van der Waals surface area contributed by atoms with Crippen molar-refractivity contribution in [3.8, 4) is 0 Å². The summed E-state index contributed by atoms with van der Waals surface area (Å²) in [5.74, 6) is 0.177. The second-order valence-electron chi connectivity index (χ2n) is 6.44. The van der Waals surface area contributed by atoms with Gasteiger partial charge in [0.25, 0.3) is 0 Å². The smallest absolute Gasteiger partial charge is 0.239 e. The van der Waals surface area contributed by atoms with Crippen LogP contribution in [0.1, 0.15) is 32.0 Å². The molecule has 0 aliphatic heterocycles. The first-order valence-corrected chi connectivity index (χ1v) is 9.17. The molecule has 1 heterocycles. The van der Waals surface area contributed by atoms with Gasteiger partial charge in [-0.1, -0.05) is 68.4 Å². The lowest BCUT2D eigenvalue weighted by Gasteiger charge is -2.12. The molecule has 0 fully saturated rings. The third kappa shape index (κ3) is 5.77. The molecule has 1 amide bonds. The first-order chi connectivity index (χ1) is 11.3. The van der Waals surface area contributed by atoms with Gasteiger partial charge in [0.1, 0.15) is 5.75 Å². The molecule has 1 aromatic heterocycles. The summed E-state index contributed by atoms with van der Waals surface area (Å²) < 4.78 is 17.0. The lowest BCUT2D eigenvalue weighted by atomic mass is 9.92. The van der Waals surface area contributed by atoms with E-state index >= 15 is 0 Å². The SMILES string of the molecule is CC(C)(C)c1cc(NC(=O)CS(=O)CC=Cc2ccccc2)on1. The summed E-state index contributed by atoms with van der Waals surface area (Å²) in [6, 6.07) is 11.4. The average Bonchev–Trinajstić information content (AvgIpc) is 2.96. The van der Waals surface area contributed by atoms with Crippen LogP contribution >= 0.6 is 0 Å². The van der Waals surface area contributed by atoms with E-state index in [1.807, 2.05) is 63.3 Å². The highest BCUT2D eigenvalue weighted by molar-refractivity contribution is 7.85. The zero-order chi connectivity index (χ0) is 17.6. The van der Waals surface area contributed by atoms with E-state index in [0.717, 1.165) is 11.3 Å². The number of rotatable bonds is 6. The van der Waals surface area contributed by atoms with E-state index in [4.69, 9.17) is 4.52 Å². The molecule has 6 heteroatoms. The summed E-state index contributed by atoms with van der Waals surface area (Å²) >= 11 is 0. The molecule has 24 heavy (non-hydrogen) atoms. The first kappa shape index (κ1) is 18.1. The molecule has 0 spiro atoms. The number of nitrogens with zero attached hydrogens (tertiary/aromatic N) is 1. The van der Waals surface area contributed by atoms with Crippen molar-refractivity contribution in [2.45, 2.75) is 26.2 Å². The average molecular weight is 346 g/mol. The van der Waals surface area contributed by atoms with Crippen molar-refractivity contribution < 1.29 is 13.5 Å². The minimum Gasteiger partial charge on any atom is -0.338 e. The van der Waals surface area contributed by atoms with Gasteiger partial charge in [0.15, 0.2) is 0 Å². The predicted molar refractivity (Wildman–Crippen MR) is 97.2 cm³/mol. The molecule has 0 bridgehead atoms. The Labute approximate surface area is 144 Å². The Balaban J connectivity index is 1.80. The monoisotopic (exact) mass is 346 g/mol. The van der Waals surface area contributed by atoms with Gasteiger partial charge in [-0.3, -0.25) is 14.3 Å². The molecule has 0 saturated heterocycles. The molecule has 5 nitrogen and oxygen atoms in total. The molecule has 0 radical (unpaired) electrons. The highest BCUT2D eigenvalue weighted by Crippen LogP contribution is 2.23. The minimum absolute atomic E-state index is 0.0787. The zero-order valence-corrected chi connectivity index (χ0v) is 14.9. The number of carbonyl (C=O) groups excluding carboxylic acids is 1. The summed E-state index contributed by atoms with van der Waals surface area (Å²) in [5.41, 5.74) is 1.64. The maximum Gasteiger partial charge on any atom is 0.239 e. The Kier molecular flexibility index (Phi) is 6.09. The van der Waals surface area contributed by atoms with Gasteiger partial charge in [0, 0.05) is 28.0 Å². The normalized spacial score (nSPS) is 13.1. The summed E-state index contributed by atoms with van der Waals surface area (Å²) in [4.78, 5) is 11.9. The summed E-state index contributed by atoms with van der Waals surface area (Å²) in [7, 11) is -1.27. The molecule has 2 aromatic rings. The maximum atomic E-state index is 12.0. The van der Waals surface area contributed by atoms with Crippen molar-refractivity contribution in [2.75, 3.05) is 16.8 Å². The van der Waals surface area contributed by atoms with E-state index in [0.29, 0.717) is 5.75 Å². The number of amides is 1. The van der Waals surface area contributed by atoms with Gasteiger partial charge in [-0.25, -0.2) is 0 Å². The highest BCUT2D eigenvalue weighted by atomic mass is 32.2. The van der Waals surface area contributed by atoms with Crippen LogP contribution in [0.3, 0.4) is 0 Å². The van der Waals surface area contributed by atoms with Crippen molar-refractivity contribution in [3.05, 3.63) is 53.7 Å². The third-order valence-electron chi connectivity index (χ3n) is 3.23. The number of hydrogen-bond acceptors (Lipinski definition) is 4. The van der Waals surface area contributed by atoms with E-state index in [-0.39, 0.29) is 23.0 Å². The van der Waals surface area contributed by atoms with Gasteiger partial charge in [-0.15, -0.1) is 0 Å². The van der Waals surface area contributed by atoms with Crippen molar-refractivity contribution in [1.29, 1.82) is 0 Å². The molecule has 1 unspecified atom stereocenters. The van der Waals surface area contributed by atoms with E-state index in [1.54, 1.807) is 6.07 Å². The Morgan fingerprint density at radius 3 is 2.62 bits per heavy atom. The van der Waals surface area contributed by atoms with E-state index < -0.39 is 10.8 Å². The molecule has 1 atom stereocenters. The van der Waals surface area contributed by atoms with Crippen LogP contribution in [-0.4, -0.2) is 26.8 Å². The second kappa shape index (κ2) is 8.06. The molecule has 2 rings (SSSR count). The van der Waals surface area contributed by atoms with Crippen LogP contribution < -0.4 is 5.32 Å². The molecule has 128 valence electrons. The Morgan fingerprint density at radius 1 is 1.29 bits per heavy atom. The second-order valence-corrected chi connectivity index (χ2v) is 7.94. The molecule has 1 N–H and O–H groups in total. The molecule has 0 aliphatic carbocycles. The van der Waals surface area contributed by atoms with Gasteiger partial charge >= 0.3 is 0 Å². The van der Waals surface area contributed by atoms with Crippen LogP contribution in [0.25, 0.3) is 6.08 Å². The Morgan fingerprint density at radius 2 is 2.00 bits per heavy atom. The lowest BCUT2D eigenvalue weighted by molar-refractivity contribution is -0.114. The first-order valence-electron chi connectivity index (χ1n) is 7.68. The number of benzene rings is 1. The van der Waals surface area contributed by atoms with Crippen molar-refractivity contribution >= 4 is 28.7 Å². The number of carbonyl (C=O) groups is 1. The van der Waals surface area contributed by atoms with Gasteiger partial charge in [0.05, 0.1) is 5.69 Å². The Bertz CT molecular complexity index is 730. The van der Waals surface area contributed by atoms with Crippen LogP contribution in [0.15, 0.2) is 47.0 Å². The van der Waals surface area contributed by atoms with Gasteiger partial charge in [0.2, 0.25) is 11.8 Å². The molecule has 1 aromatic carbocycles. The van der Waals surface area contributed by atoms with Crippen molar-refractivity contribution in [3.63, 3.8) is 0 Å². The fourth-order valence-corrected chi connectivity index (χ4v) is 2.72. The number of aromatic nitrogens is 1. The highest BCUT2D eigenvalue weighted by Gasteiger charge is 2.19. The van der Waals surface area contributed by atoms with Gasteiger partial charge in [-0.2, -0.15) is 0 Å². The molecule has 0 aliphatic rings. The topological polar surface area (TPSA) is 72.2 Å².